The number of rotatable bonds is 7. The molecule has 0 aromatic heterocycles. The quantitative estimate of drug-likeness (QED) is 0.755. The van der Waals surface area contributed by atoms with Gasteiger partial charge in [0.05, 0.1) is 6.10 Å². The molecule has 0 saturated carbocycles. The summed E-state index contributed by atoms with van der Waals surface area (Å²) in [5.74, 6) is 0. The third kappa shape index (κ3) is 5.73. The second kappa shape index (κ2) is 6.59. The van der Waals surface area contributed by atoms with Crippen LogP contribution in [0.4, 0.5) is 13.2 Å². The molecule has 0 radical (unpaired) electrons. The molecule has 0 saturated heterocycles. The van der Waals surface area contributed by atoms with Gasteiger partial charge in [-0.1, -0.05) is 13.8 Å². The Hall–Kier alpha value is -0.290. The fraction of sp³-hybridized carbons (Fsp3) is 1.00. The van der Waals surface area contributed by atoms with Crippen molar-refractivity contribution in [3.05, 3.63) is 0 Å². The molecule has 1 unspecified atom stereocenters. The molecule has 1 N–H and O–H groups in total. The second-order valence-corrected chi connectivity index (χ2v) is 4.85. The van der Waals surface area contributed by atoms with Crippen molar-refractivity contribution >= 4 is 0 Å². The van der Waals surface area contributed by atoms with Gasteiger partial charge in [-0.3, -0.25) is 4.90 Å². The van der Waals surface area contributed by atoms with E-state index in [2.05, 4.69) is 4.90 Å². The zero-order valence-corrected chi connectivity index (χ0v) is 11.1. The van der Waals surface area contributed by atoms with Gasteiger partial charge >= 0.3 is 6.18 Å². The number of hydrogen-bond donors (Lipinski definition) is 1. The lowest BCUT2D eigenvalue weighted by Gasteiger charge is -2.41. The lowest BCUT2D eigenvalue weighted by atomic mass is 9.91. The Morgan fingerprint density at radius 3 is 1.94 bits per heavy atom. The van der Waals surface area contributed by atoms with Gasteiger partial charge in [0.1, 0.15) is 0 Å². The van der Waals surface area contributed by atoms with Gasteiger partial charge < -0.3 is 5.11 Å². The fourth-order valence-corrected chi connectivity index (χ4v) is 2.10. The molecule has 0 aliphatic rings. The summed E-state index contributed by atoms with van der Waals surface area (Å²) in [6.07, 6.45) is -5.51. The van der Waals surface area contributed by atoms with Crippen LogP contribution in [0.15, 0.2) is 0 Å². The Morgan fingerprint density at radius 1 is 1.12 bits per heavy atom. The molecule has 2 nitrogen and oxygen atoms in total. The van der Waals surface area contributed by atoms with E-state index < -0.39 is 24.2 Å². The number of nitrogens with zero attached hydrogens (tertiary/aromatic N) is 1. The van der Waals surface area contributed by atoms with Crippen molar-refractivity contribution in [2.45, 2.75) is 64.8 Å². The smallest absolute Gasteiger partial charge is 0.389 e. The van der Waals surface area contributed by atoms with Crippen molar-refractivity contribution < 1.29 is 18.3 Å². The van der Waals surface area contributed by atoms with Gasteiger partial charge in [-0.05, 0) is 39.8 Å². The highest BCUT2D eigenvalue weighted by Gasteiger charge is 2.33. The normalized spacial score (nSPS) is 15.4. The Labute approximate surface area is 102 Å². The molecular weight excluding hydrogens is 231 g/mol. The highest BCUT2D eigenvalue weighted by atomic mass is 19.4. The summed E-state index contributed by atoms with van der Waals surface area (Å²) in [6, 6.07) is 0. The van der Waals surface area contributed by atoms with Gasteiger partial charge in [-0.2, -0.15) is 13.2 Å². The fourth-order valence-electron chi connectivity index (χ4n) is 2.10. The molecular formula is C12H24F3NO. The standard InChI is InChI=1S/C12H24F3NO/c1-5-16(6-2)11(3,4)10(17)8-7-9-12(13,14)15/h10,17H,5-9H2,1-4H3. The van der Waals surface area contributed by atoms with Crippen molar-refractivity contribution in [3.8, 4) is 0 Å². The number of halogens is 3. The lowest BCUT2D eigenvalue weighted by molar-refractivity contribution is -0.137. The summed E-state index contributed by atoms with van der Waals surface area (Å²) in [5.41, 5.74) is -0.477. The van der Waals surface area contributed by atoms with Crippen LogP contribution in [-0.2, 0) is 0 Å². The lowest BCUT2D eigenvalue weighted by Crippen LogP contribution is -2.52. The first-order valence-electron chi connectivity index (χ1n) is 6.15. The maximum absolute atomic E-state index is 12.0. The first-order chi connectivity index (χ1) is 7.65. The van der Waals surface area contributed by atoms with Crippen LogP contribution in [0.5, 0.6) is 0 Å². The molecule has 0 bridgehead atoms. The van der Waals surface area contributed by atoms with Crippen LogP contribution in [0, 0.1) is 0 Å². The van der Waals surface area contributed by atoms with Gasteiger partial charge in [0.15, 0.2) is 0 Å². The Balaban J connectivity index is 4.24. The van der Waals surface area contributed by atoms with Gasteiger partial charge in [0.2, 0.25) is 0 Å². The average molecular weight is 255 g/mol. The highest BCUT2D eigenvalue weighted by molar-refractivity contribution is 4.88. The number of aliphatic hydroxyl groups excluding tert-OH is 1. The second-order valence-electron chi connectivity index (χ2n) is 4.85. The zero-order valence-electron chi connectivity index (χ0n) is 11.1. The molecule has 0 spiro atoms. The predicted molar refractivity (Wildman–Crippen MR) is 62.9 cm³/mol. The van der Waals surface area contributed by atoms with Crippen molar-refractivity contribution in [3.63, 3.8) is 0 Å². The van der Waals surface area contributed by atoms with Gasteiger partial charge in [0, 0.05) is 12.0 Å². The summed E-state index contributed by atoms with van der Waals surface area (Å²) >= 11 is 0. The molecule has 1 atom stereocenters. The van der Waals surface area contributed by atoms with Crippen LogP contribution >= 0.6 is 0 Å². The van der Waals surface area contributed by atoms with Crippen molar-refractivity contribution in [2.24, 2.45) is 0 Å². The van der Waals surface area contributed by atoms with E-state index in [1.165, 1.54) is 0 Å². The number of alkyl halides is 3. The Kier molecular flexibility index (Phi) is 6.48. The van der Waals surface area contributed by atoms with Crippen LogP contribution in [0.1, 0.15) is 47.0 Å². The zero-order chi connectivity index (χ0) is 13.7. The van der Waals surface area contributed by atoms with E-state index in [0.29, 0.717) is 0 Å². The minimum absolute atomic E-state index is 0.0185. The van der Waals surface area contributed by atoms with Crippen LogP contribution in [0.25, 0.3) is 0 Å². The van der Waals surface area contributed by atoms with E-state index in [-0.39, 0.29) is 12.8 Å². The van der Waals surface area contributed by atoms with E-state index in [9.17, 15) is 18.3 Å². The Bertz CT molecular complexity index is 212. The van der Waals surface area contributed by atoms with E-state index in [4.69, 9.17) is 0 Å². The van der Waals surface area contributed by atoms with E-state index >= 15 is 0 Å². The average Bonchev–Trinajstić information content (AvgIpc) is 2.16. The first kappa shape index (κ1) is 16.7. The molecule has 0 amide bonds. The molecule has 0 fully saturated rings. The summed E-state index contributed by atoms with van der Waals surface area (Å²) < 4.78 is 36.0. The summed E-state index contributed by atoms with van der Waals surface area (Å²) in [5, 5.41) is 10.00. The molecule has 0 aromatic carbocycles. The van der Waals surface area contributed by atoms with Crippen molar-refractivity contribution in [1.82, 2.24) is 4.90 Å². The number of hydrogen-bond acceptors (Lipinski definition) is 2. The molecule has 104 valence electrons. The van der Waals surface area contributed by atoms with Crippen molar-refractivity contribution in [2.75, 3.05) is 13.1 Å². The van der Waals surface area contributed by atoms with E-state index in [1.54, 1.807) is 0 Å². The molecule has 0 aliphatic carbocycles. The first-order valence-corrected chi connectivity index (χ1v) is 6.15. The maximum Gasteiger partial charge on any atom is 0.389 e. The number of likely N-dealkylation sites (N-methyl/N-ethyl adjacent to an activating group) is 1. The minimum atomic E-state index is -4.13. The van der Waals surface area contributed by atoms with Gasteiger partial charge in [0.25, 0.3) is 0 Å². The third-order valence-corrected chi connectivity index (χ3v) is 3.33. The summed E-state index contributed by atoms with van der Waals surface area (Å²) in [6.45, 7) is 9.26. The topological polar surface area (TPSA) is 23.5 Å². The SMILES string of the molecule is CCN(CC)C(C)(C)C(O)CCCC(F)(F)F. The van der Waals surface area contributed by atoms with E-state index in [1.807, 2.05) is 27.7 Å². The van der Waals surface area contributed by atoms with Crippen LogP contribution in [-0.4, -0.2) is 40.9 Å². The molecule has 0 aromatic rings. The van der Waals surface area contributed by atoms with Crippen LogP contribution in [0.3, 0.4) is 0 Å². The monoisotopic (exact) mass is 255 g/mol. The molecule has 0 heterocycles. The third-order valence-electron chi connectivity index (χ3n) is 3.33. The molecule has 0 aliphatic heterocycles. The molecule has 0 rings (SSSR count). The highest BCUT2D eigenvalue weighted by Crippen LogP contribution is 2.26. The minimum Gasteiger partial charge on any atom is -0.391 e. The van der Waals surface area contributed by atoms with E-state index in [0.717, 1.165) is 13.1 Å². The molecule has 17 heavy (non-hydrogen) atoms. The van der Waals surface area contributed by atoms with Crippen molar-refractivity contribution in [1.29, 1.82) is 0 Å². The summed E-state index contributed by atoms with van der Waals surface area (Å²) in [4.78, 5) is 2.06. The number of aliphatic hydroxyl groups is 1. The van der Waals surface area contributed by atoms with Crippen LogP contribution in [0.2, 0.25) is 0 Å². The maximum atomic E-state index is 12.0. The van der Waals surface area contributed by atoms with Gasteiger partial charge in [-0.15, -0.1) is 0 Å². The van der Waals surface area contributed by atoms with Crippen LogP contribution < -0.4 is 0 Å². The summed E-state index contributed by atoms with van der Waals surface area (Å²) in [7, 11) is 0. The molecule has 5 heteroatoms. The Morgan fingerprint density at radius 2 is 1.59 bits per heavy atom. The van der Waals surface area contributed by atoms with Gasteiger partial charge in [-0.25, -0.2) is 0 Å². The largest absolute Gasteiger partial charge is 0.391 e. The predicted octanol–water partition coefficient (Wildman–Crippen LogP) is 3.20.